The van der Waals surface area contributed by atoms with Crippen LogP contribution >= 0.6 is 15.9 Å². The summed E-state index contributed by atoms with van der Waals surface area (Å²) in [5.41, 5.74) is 5.41. The fraction of sp³-hybridized carbons (Fsp3) is 0. The number of carbonyl (C=O) groups is 1. The minimum atomic E-state index is 0.0812. The molecule has 1 heterocycles. The molecule has 0 aliphatic heterocycles. The molecular formula is C16H9BrN2O. The van der Waals surface area contributed by atoms with E-state index in [2.05, 4.69) is 25.9 Å². The van der Waals surface area contributed by atoms with Gasteiger partial charge in [0, 0.05) is 21.2 Å². The van der Waals surface area contributed by atoms with Crippen molar-refractivity contribution in [2.24, 2.45) is 0 Å². The number of ketones is 1. The second kappa shape index (κ2) is 4.15. The molecule has 0 bridgehead atoms. The van der Waals surface area contributed by atoms with Crippen LogP contribution in [0.15, 0.2) is 53.4 Å². The Hall–Kier alpha value is -2.20. The van der Waals surface area contributed by atoms with E-state index in [9.17, 15) is 4.79 Å². The monoisotopic (exact) mass is 324 g/mol. The third kappa shape index (κ3) is 1.58. The maximum atomic E-state index is 12.5. The van der Waals surface area contributed by atoms with E-state index in [-0.39, 0.29) is 5.78 Å². The summed E-state index contributed by atoms with van der Waals surface area (Å²) in [6.45, 7) is 0. The van der Waals surface area contributed by atoms with E-state index in [1.807, 2.05) is 36.4 Å². The molecule has 96 valence electrons. The number of nitrogens with zero attached hydrogens (tertiary/aromatic N) is 1. The number of benzene rings is 2. The molecule has 1 N–H and O–H groups in total. The van der Waals surface area contributed by atoms with Crippen LogP contribution in [-0.2, 0) is 0 Å². The molecule has 0 atom stereocenters. The summed E-state index contributed by atoms with van der Waals surface area (Å²) >= 11 is 3.42. The van der Waals surface area contributed by atoms with E-state index < -0.39 is 0 Å². The molecule has 1 aliphatic carbocycles. The smallest absolute Gasteiger partial charge is 0.194 e. The van der Waals surface area contributed by atoms with Gasteiger partial charge < -0.3 is 4.98 Å². The number of rotatable bonds is 1. The summed E-state index contributed by atoms with van der Waals surface area (Å²) in [7, 11) is 0. The number of fused-ring (bicyclic) bond motifs is 3. The van der Waals surface area contributed by atoms with E-state index >= 15 is 0 Å². The van der Waals surface area contributed by atoms with E-state index in [4.69, 9.17) is 0 Å². The van der Waals surface area contributed by atoms with Crippen LogP contribution in [0.25, 0.3) is 22.4 Å². The summed E-state index contributed by atoms with van der Waals surface area (Å²) < 4.78 is 0.922. The summed E-state index contributed by atoms with van der Waals surface area (Å²) in [6, 6.07) is 11.8. The maximum absolute atomic E-state index is 12.5. The number of H-pyrrole nitrogens is 1. The standard InChI is InChI=1S/C16H9BrN2O/c17-10-2-4-12-11-3-1-9(15-7-18-8-19-15)5-13(11)16(20)14(12)6-10/h1-8H,(H,18,19). The van der Waals surface area contributed by atoms with Crippen LogP contribution in [0, 0.1) is 0 Å². The number of nitrogens with one attached hydrogen (secondary N) is 1. The lowest BCUT2D eigenvalue weighted by Crippen LogP contribution is -1.95. The van der Waals surface area contributed by atoms with Gasteiger partial charge in [0.2, 0.25) is 0 Å². The molecule has 0 saturated carbocycles. The van der Waals surface area contributed by atoms with Crippen molar-refractivity contribution in [1.29, 1.82) is 0 Å². The van der Waals surface area contributed by atoms with E-state index in [1.165, 1.54) is 0 Å². The van der Waals surface area contributed by atoms with Crippen LogP contribution in [0.3, 0.4) is 0 Å². The third-order valence-electron chi connectivity index (χ3n) is 3.59. The fourth-order valence-electron chi connectivity index (χ4n) is 2.63. The zero-order chi connectivity index (χ0) is 13.7. The Morgan fingerprint density at radius 2 is 1.70 bits per heavy atom. The average Bonchev–Trinajstić information content (AvgIpc) is 3.07. The number of hydrogen-bond acceptors (Lipinski definition) is 2. The van der Waals surface area contributed by atoms with Gasteiger partial charge in [0.15, 0.2) is 5.78 Å². The zero-order valence-corrected chi connectivity index (χ0v) is 11.9. The lowest BCUT2D eigenvalue weighted by molar-refractivity contribution is 0.104. The van der Waals surface area contributed by atoms with Crippen LogP contribution in [0.4, 0.5) is 0 Å². The highest BCUT2D eigenvalue weighted by Crippen LogP contribution is 2.39. The van der Waals surface area contributed by atoms with Crippen molar-refractivity contribution >= 4 is 21.7 Å². The van der Waals surface area contributed by atoms with Crippen LogP contribution < -0.4 is 0 Å². The van der Waals surface area contributed by atoms with Crippen LogP contribution in [0.1, 0.15) is 15.9 Å². The highest BCUT2D eigenvalue weighted by atomic mass is 79.9. The SMILES string of the molecule is O=C1c2cc(Br)ccc2-c2ccc(-c3cnc[nH]3)cc21. The molecule has 0 saturated heterocycles. The van der Waals surface area contributed by atoms with Crippen LogP contribution in [0.5, 0.6) is 0 Å². The van der Waals surface area contributed by atoms with Crippen molar-refractivity contribution < 1.29 is 4.79 Å². The molecule has 20 heavy (non-hydrogen) atoms. The minimum absolute atomic E-state index is 0.0812. The first-order valence-corrected chi connectivity index (χ1v) is 7.01. The third-order valence-corrected chi connectivity index (χ3v) is 4.08. The molecule has 4 rings (SSSR count). The normalized spacial score (nSPS) is 12.3. The van der Waals surface area contributed by atoms with Crippen molar-refractivity contribution in [3.63, 3.8) is 0 Å². The number of carbonyl (C=O) groups excluding carboxylic acids is 1. The summed E-state index contributed by atoms with van der Waals surface area (Å²) in [5.74, 6) is 0.0812. The van der Waals surface area contributed by atoms with Gasteiger partial charge in [-0.3, -0.25) is 4.79 Å². The highest BCUT2D eigenvalue weighted by molar-refractivity contribution is 9.10. The van der Waals surface area contributed by atoms with Gasteiger partial charge in [-0.15, -0.1) is 0 Å². The lowest BCUT2D eigenvalue weighted by atomic mass is 10.0. The maximum Gasteiger partial charge on any atom is 0.194 e. The van der Waals surface area contributed by atoms with Gasteiger partial charge in [-0.05, 0) is 29.3 Å². The van der Waals surface area contributed by atoms with E-state index in [0.29, 0.717) is 0 Å². The molecule has 3 aromatic rings. The second-order valence-corrected chi connectivity index (χ2v) is 5.66. The topological polar surface area (TPSA) is 45.8 Å². The lowest BCUT2D eigenvalue weighted by Gasteiger charge is -2.02. The first-order chi connectivity index (χ1) is 9.74. The average molecular weight is 325 g/mol. The number of aromatic nitrogens is 2. The Bertz CT molecular complexity index is 838. The predicted molar refractivity (Wildman–Crippen MR) is 80.6 cm³/mol. The van der Waals surface area contributed by atoms with Gasteiger partial charge in [-0.1, -0.05) is 34.1 Å². The molecule has 0 spiro atoms. The van der Waals surface area contributed by atoms with Gasteiger partial charge in [-0.25, -0.2) is 4.98 Å². The first kappa shape index (κ1) is 11.6. The van der Waals surface area contributed by atoms with Gasteiger partial charge in [0.1, 0.15) is 0 Å². The minimum Gasteiger partial charge on any atom is -0.345 e. The largest absolute Gasteiger partial charge is 0.345 e. The molecule has 1 aliphatic rings. The molecule has 2 aromatic carbocycles. The Morgan fingerprint density at radius 1 is 0.950 bits per heavy atom. The Balaban J connectivity index is 1.92. The number of halogens is 1. The van der Waals surface area contributed by atoms with Gasteiger partial charge >= 0.3 is 0 Å². The molecule has 0 amide bonds. The van der Waals surface area contributed by atoms with E-state index in [0.717, 1.165) is 38.0 Å². The molecule has 0 unspecified atom stereocenters. The van der Waals surface area contributed by atoms with Crippen molar-refractivity contribution in [3.8, 4) is 22.4 Å². The van der Waals surface area contributed by atoms with Crippen molar-refractivity contribution in [1.82, 2.24) is 9.97 Å². The molecule has 3 nitrogen and oxygen atoms in total. The summed E-state index contributed by atoms with van der Waals surface area (Å²) in [6.07, 6.45) is 3.39. The molecule has 0 fully saturated rings. The molecule has 0 radical (unpaired) electrons. The van der Waals surface area contributed by atoms with Gasteiger partial charge in [0.05, 0.1) is 18.2 Å². The van der Waals surface area contributed by atoms with Crippen molar-refractivity contribution in [2.75, 3.05) is 0 Å². The predicted octanol–water partition coefficient (Wildman–Crippen LogP) is 4.05. The summed E-state index contributed by atoms with van der Waals surface area (Å²) in [4.78, 5) is 19.6. The number of hydrogen-bond donors (Lipinski definition) is 1. The second-order valence-electron chi connectivity index (χ2n) is 4.74. The summed E-state index contributed by atoms with van der Waals surface area (Å²) in [5, 5.41) is 0. The zero-order valence-electron chi connectivity index (χ0n) is 10.4. The quantitative estimate of drug-likeness (QED) is 0.574. The van der Waals surface area contributed by atoms with Crippen LogP contribution in [0.2, 0.25) is 0 Å². The van der Waals surface area contributed by atoms with Crippen LogP contribution in [-0.4, -0.2) is 15.8 Å². The Morgan fingerprint density at radius 3 is 2.45 bits per heavy atom. The van der Waals surface area contributed by atoms with Crippen molar-refractivity contribution in [2.45, 2.75) is 0 Å². The van der Waals surface area contributed by atoms with Gasteiger partial charge in [0.25, 0.3) is 0 Å². The molecule has 4 heteroatoms. The van der Waals surface area contributed by atoms with E-state index in [1.54, 1.807) is 12.5 Å². The Kier molecular flexibility index (Phi) is 2.41. The Labute approximate surface area is 123 Å². The number of imidazole rings is 1. The van der Waals surface area contributed by atoms with Crippen molar-refractivity contribution in [3.05, 3.63) is 64.5 Å². The number of aromatic amines is 1. The molecular weight excluding hydrogens is 316 g/mol. The van der Waals surface area contributed by atoms with Gasteiger partial charge in [-0.2, -0.15) is 0 Å². The highest BCUT2D eigenvalue weighted by Gasteiger charge is 2.27. The first-order valence-electron chi connectivity index (χ1n) is 6.21. The fourth-order valence-corrected chi connectivity index (χ4v) is 2.99. The molecule has 1 aromatic heterocycles.